The first-order valence-corrected chi connectivity index (χ1v) is 7.46. The molecule has 7 nitrogen and oxygen atoms in total. The first kappa shape index (κ1) is 15.6. The zero-order chi connectivity index (χ0) is 15.6. The quantitative estimate of drug-likeness (QED) is 0.741. The number of piperidine rings is 1. The zero-order valence-electron chi connectivity index (χ0n) is 13.0. The second-order valence-corrected chi connectivity index (χ2v) is 6.25. The number of anilines is 2. The molecule has 0 unspecified atom stereocenters. The lowest BCUT2D eigenvalue weighted by Gasteiger charge is -2.30. The van der Waals surface area contributed by atoms with Gasteiger partial charge in [0.05, 0.1) is 0 Å². The maximum atomic E-state index is 12.0. The lowest BCUT2D eigenvalue weighted by molar-refractivity contribution is 0.264. The van der Waals surface area contributed by atoms with Gasteiger partial charge in [0, 0.05) is 12.6 Å². The van der Waals surface area contributed by atoms with Crippen molar-refractivity contribution in [2.45, 2.75) is 39.3 Å². The number of nitrogen functional groups attached to an aromatic ring is 1. The molecule has 1 fully saturated rings. The van der Waals surface area contributed by atoms with Gasteiger partial charge in [-0.15, -0.1) is 0 Å². The van der Waals surface area contributed by atoms with Crippen LogP contribution in [-0.4, -0.2) is 40.6 Å². The molecular formula is C14H25N5O2. The number of likely N-dealkylation sites (tertiary alicyclic amines) is 1. The van der Waals surface area contributed by atoms with Gasteiger partial charge in [-0.3, -0.25) is 14.3 Å². The number of rotatable bonds is 4. The summed E-state index contributed by atoms with van der Waals surface area (Å²) in [6, 6.07) is 0.217. The van der Waals surface area contributed by atoms with Crippen LogP contribution in [0.15, 0.2) is 9.59 Å². The van der Waals surface area contributed by atoms with Crippen molar-refractivity contribution in [3.63, 3.8) is 0 Å². The largest absolute Gasteiger partial charge is 0.383 e. The lowest BCUT2D eigenvalue weighted by Crippen LogP contribution is -2.40. The van der Waals surface area contributed by atoms with Gasteiger partial charge in [0.25, 0.3) is 5.56 Å². The van der Waals surface area contributed by atoms with Crippen LogP contribution in [0.5, 0.6) is 0 Å². The average Bonchev–Trinajstić information content (AvgIpc) is 2.41. The molecule has 2 rings (SSSR count). The summed E-state index contributed by atoms with van der Waals surface area (Å²) in [5, 5.41) is 3.22. The monoisotopic (exact) mass is 295 g/mol. The highest BCUT2D eigenvalue weighted by Gasteiger charge is 2.20. The van der Waals surface area contributed by atoms with Gasteiger partial charge in [0.1, 0.15) is 11.5 Å². The van der Waals surface area contributed by atoms with Crippen LogP contribution in [-0.2, 0) is 6.54 Å². The van der Waals surface area contributed by atoms with Crippen molar-refractivity contribution >= 4 is 11.5 Å². The van der Waals surface area contributed by atoms with E-state index in [-0.39, 0.29) is 17.8 Å². The maximum Gasteiger partial charge on any atom is 0.330 e. The summed E-state index contributed by atoms with van der Waals surface area (Å²) >= 11 is 0. The molecule has 0 aliphatic carbocycles. The van der Waals surface area contributed by atoms with Crippen LogP contribution in [0.1, 0.15) is 26.7 Å². The second-order valence-electron chi connectivity index (χ2n) is 6.25. The zero-order valence-corrected chi connectivity index (χ0v) is 13.0. The highest BCUT2D eigenvalue weighted by molar-refractivity contribution is 5.60. The van der Waals surface area contributed by atoms with E-state index in [1.807, 2.05) is 13.8 Å². The van der Waals surface area contributed by atoms with Gasteiger partial charge in [-0.2, -0.15) is 0 Å². The molecule has 1 aliphatic rings. The molecule has 0 atom stereocenters. The van der Waals surface area contributed by atoms with Gasteiger partial charge < -0.3 is 16.0 Å². The fourth-order valence-electron chi connectivity index (χ4n) is 2.63. The van der Waals surface area contributed by atoms with E-state index in [1.54, 1.807) is 0 Å². The van der Waals surface area contributed by atoms with Crippen LogP contribution in [0.4, 0.5) is 11.5 Å². The van der Waals surface area contributed by atoms with E-state index in [9.17, 15) is 9.59 Å². The Morgan fingerprint density at radius 3 is 2.52 bits per heavy atom. The minimum absolute atomic E-state index is 0.217. The van der Waals surface area contributed by atoms with Gasteiger partial charge in [-0.1, -0.05) is 13.8 Å². The topological polar surface area (TPSA) is 96.2 Å². The molecule has 0 radical (unpaired) electrons. The number of H-pyrrole nitrogens is 1. The molecule has 21 heavy (non-hydrogen) atoms. The number of aromatic amines is 1. The number of hydrogen-bond donors (Lipinski definition) is 3. The molecule has 7 heteroatoms. The first-order chi connectivity index (χ1) is 9.88. The summed E-state index contributed by atoms with van der Waals surface area (Å²) in [6.45, 7) is 6.47. The Balaban J connectivity index is 2.26. The third kappa shape index (κ3) is 3.66. The van der Waals surface area contributed by atoms with Crippen LogP contribution < -0.4 is 22.3 Å². The maximum absolute atomic E-state index is 12.0. The summed E-state index contributed by atoms with van der Waals surface area (Å²) in [5.74, 6) is 0.503. The Morgan fingerprint density at radius 2 is 1.95 bits per heavy atom. The molecule has 118 valence electrons. The van der Waals surface area contributed by atoms with E-state index in [0.29, 0.717) is 12.2 Å². The molecule has 0 amide bonds. The molecule has 0 spiro atoms. The SMILES string of the molecule is CC(C)Cn1c(N)c(NC2CCN(C)CC2)c(=O)[nH]c1=O. The molecule has 0 bridgehead atoms. The summed E-state index contributed by atoms with van der Waals surface area (Å²) in [7, 11) is 2.08. The van der Waals surface area contributed by atoms with Crippen molar-refractivity contribution in [3.05, 3.63) is 20.8 Å². The van der Waals surface area contributed by atoms with Crippen molar-refractivity contribution in [1.82, 2.24) is 14.5 Å². The van der Waals surface area contributed by atoms with Crippen molar-refractivity contribution in [2.75, 3.05) is 31.2 Å². The molecule has 1 aromatic heterocycles. The van der Waals surface area contributed by atoms with Gasteiger partial charge in [-0.25, -0.2) is 4.79 Å². The minimum Gasteiger partial charge on any atom is -0.383 e. The van der Waals surface area contributed by atoms with Crippen molar-refractivity contribution in [1.29, 1.82) is 0 Å². The summed E-state index contributed by atoms with van der Waals surface area (Å²) in [6.07, 6.45) is 1.91. The van der Waals surface area contributed by atoms with E-state index in [1.165, 1.54) is 4.57 Å². The Morgan fingerprint density at radius 1 is 1.33 bits per heavy atom. The van der Waals surface area contributed by atoms with E-state index >= 15 is 0 Å². The summed E-state index contributed by atoms with van der Waals surface area (Å²) in [4.78, 5) is 28.5. The van der Waals surface area contributed by atoms with Crippen LogP contribution in [0.25, 0.3) is 0 Å². The summed E-state index contributed by atoms with van der Waals surface area (Å²) in [5.41, 5.74) is 5.49. The molecule has 2 heterocycles. The number of aromatic nitrogens is 2. The molecule has 1 aromatic rings. The Bertz CT molecular complexity index is 596. The Hall–Kier alpha value is -1.76. The lowest BCUT2D eigenvalue weighted by atomic mass is 10.1. The fraction of sp³-hybridized carbons (Fsp3) is 0.714. The minimum atomic E-state index is -0.444. The summed E-state index contributed by atoms with van der Waals surface area (Å²) < 4.78 is 1.43. The normalized spacial score (nSPS) is 17.3. The van der Waals surface area contributed by atoms with Crippen molar-refractivity contribution in [3.8, 4) is 0 Å². The average molecular weight is 295 g/mol. The van der Waals surface area contributed by atoms with Crippen molar-refractivity contribution in [2.24, 2.45) is 5.92 Å². The third-order valence-electron chi connectivity index (χ3n) is 3.85. The smallest absolute Gasteiger partial charge is 0.330 e. The van der Waals surface area contributed by atoms with Crippen LogP contribution >= 0.6 is 0 Å². The van der Waals surface area contributed by atoms with Crippen LogP contribution in [0.2, 0.25) is 0 Å². The Kier molecular flexibility index (Phi) is 4.72. The second kappa shape index (κ2) is 6.34. The van der Waals surface area contributed by atoms with Crippen LogP contribution in [0, 0.1) is 5.92 Å². The van der Waals surface area contributed by atoms with Crippen molar-refractivity contribution < 1.29 is 0 Å². The highest BCUT2D eigenvalue weighted by Crippen LogP contribution is 2.17. The van der Waals surface area contributed by atoms with E-state index in [0.717, 1.165) is 25.9 Å². The van der Waals surface area contributed by atoms with E-state index < -0.39 is 11.2 Å². The van der Waals surface area contributed by atoms with E-state index in [2.05, 4.69) is 22.2 Å². The standard InChI is InChI=1S/C14H25N5O2/c1-9(2)8-19-12(15)11(13(20)17-14(19)21)16-10-4-6-18(3)7-5-10/h9-10,16H,4-8,15H2,1-3H3,(H,17,20,21). The molecule has 1 aliphatic heterocycles. The number of hydrogen-bond acceptors (Lipinski definition) is 5. The Labute approximate surface area is 124 Å². The number of nitrogens with one attached hydrogen (secondary N) is 2. The molecule has 1 saturated heterocycles. The van der Waals surface area contributed by atoms with Gasteiger partial charge in [0.2, 0.25) is 0 Å². The first-order valence-electron chi connectivity index (χ1n) is 7.46. The molecule has 0 saturated carbocycles. The van der Waals surface area contributed by atoms with Gasteiger partial charge >= 0.3 is 5.69 Å². The fourth-order valence-corrected chi connectivity index (χ4v) is 2.63. The van der Waals surface area contributed by atoms with Crippen LogP contribution in [0.3, 0.4) is 0 Å². The highest BCUT2D eigenvalue weighted by atomic mass is 16.2. The number of nitrogens with zero attached hydrogens (tertiary/aromatic N) is 2. The third-order valence-corrected chi connectivity index (χ3v) is 3.85. The molecule has 0 aromatic carbocycles. The predicted molar refractivity (Wildman–Crippen MR) is 84.7 cm³/mol. The van der Waals surface area contributed by atoms with E-state index in [4.69, 9.17) is 5.73 Å². The molecular weight excluding hydrogens is 270 g/mol. The molecule has 4 N–H and O–H groups in total. The van der Waals surface area contributed by atoms with Gasteiger partial charge in [-0.05, 0) is 38.9 Å². The van der Waals surface area contributed by atoms with Gasteiger partial charge in [0.15, 0.2) is 0 Å². The number of nitrogens with two attached hydrogens (primary N) is 1. The predicted octanol–water partition coefficient (Wildman–Crippen LogP) is 0.281.